The fraction of sp³-hybridized carbons (Fsp3) is 0.500. The van der Waals surface area contributed by atoms with Gasteiger partial charge in [-0.3, -0.25) is 10.1 Å². The van der Waals surface area contributed by atoms with E-state index in [-0.39, 0.29) is 10.5 Å². The lowest BCUT2D eigenvalue weighted by molar-refractivity contribution is -0.387. The quantitative estimate of drug-likeness (QED) is 0.479. The van der Waals surface area contributed by atoms with Crippen LogP contribution < -0.4 is 5.46 Å². The molecule has 0 aliphatic carbocycles. The molecule has 0 spiro atoms. The number of hydrogen-bond donors (Lipinski definition) is 0. The van der Waals surface area contributed by atoms with Gasteiger partial charge in [0, 0.05) is 16.6 Å². The van der Waals surface area contributed by atoms with Crippen LogP contribution >= 0.6 is 11.6 Å². The highest BCUT2D eigenvalue weighted by molar-refractivity contribution is 6.65. The number of halogens is 2. The van der Waals surface area contributed by atoms with Crippen molar-refractivity contribution in [3.8, 4) is 0 Å². The fourth-order valence-corrected chi connectivity index (χ4v) is 2.09. The zero-order chi connectivity index (χ0) is 15.3. The predicted octanol–water partition coefficient (Wildman–Crippen LogP) is 2.69. The van der Waals surface area contributed by atoms with E-state index in [1.54, 1.807) is 0 Å². The molecule has 5 nitrogen and oxygen atoms in total. The van der Waals surface area contributed by atoms with E-state index in [2.05, 4.69) is 0 Å². The predicted molar refractivity (Wildman–Crippen MR) is 73.8 cm³/mol. The maximum Gasteiger partial charge on any atom is 0.496 e. The molecule has 0 radical (unpaired) electrons. The highest BCUT2D eigenvalue weighted by Crippen LogP contribution is 2.37. The highest BCUT2D eigenvalue weighted by Gasteiger charge is 2.52. The average Bonchev–Trinajstić information content (AvgIpc) is 2.50. The Bertz CT molecular complexity index is 563. The van der Waals surface area contributed by atoms with E-state index in [1.165, 1.54) is 0 Å². The van der Waals surface area contributed by atoms with Crippen LogP contribution in [-0.2, 0) is 9.31 Å². The van der Waals surface area contributed by atoms with Crippen molar-refractivity contribution >= 4 is 29.9 Å². The Morgan fingerprint density at radius 1 is 1.25 bits per heavy atom. The first-order valence-electron chi connectivity index (χ1n) is 6.04. The van der Waals surface area contributed by atoms with Crippen LogP contribution in [0.1, 0.15) is 27.7 Å². The molecule has 0 unspecified atom stereocenters. The van der Waals surface area contributed by atoms with Gasteiger partial charge in [-0.2, -0.15) is 4.39 Å². The SMILES string of the molecule is CC1(C)OB(c2cc(F)c([N+](=O)[O-])cc2Cl)OC1(C)C. The van der Waals surface area contributed by atoms with Gasteiger partial charge in [0.15, 0.2) is 5.82 Å². The minimum Gasteiger partial charge on any atom is -0.399 e. The van der Waals surface area contributed by atoms with E-state index >= 15 is 0 Å². The zero-order valence-corrected chi connectivity index (χ0v) is 12.3. The van der Waals surface area contributed by atoms with Gasteiger partial charge in [-0.15, -0.1) is 0 Å². The summed E-state index contributed by atoms with van der Waals surface area (Å²) in [5.74, 6) is -0.968. The van der Waals surface area contributed by atoms with Crippen LogP contribution in [0.5, 0.6) is 0 Å². The Morgan fingerprint density at radius 2 is 1.75 bits per heavy atom. The van der Waals surface area contributed by atoms with Gasteiger partial charge in [0.25, 0.3) is 0 Å². The number of rotatable bonds is 2. The van der Waals surface area contributed by atoms with Crippen molar-refractivity contribution in [2.75, 3.05) is 0 Å². The number of hydrogen-bond acceptors (Lipinski definition) is 4. The molecule has 1 aromatic rings. The van der Waals surface area contributed by atoms with Crippen LogP contribution in [0.3, 0.4) is 0 Å². The van der Waals surface area contributed by atoms with Crippen LogP contribution in [0.25, 0.3) is 0 Å². The second-order valence-corrected chi connectivity index (χ2v) is 6.08. The molecule has 20 heavy (non-hydrogen) atoms. The van der Waals surface area contributed by atoms with Gasteiger partial charge in [0.05, 0.1) is 16.1 Å². The van der Waals surface area contributed by atoms with Crippen molar-refractivity contribution in [3.63, 3.8) is 0 Å². The molecule has 1 aliphatic heterocycles. The summed E-state index contributed by atoms with van der Waals surface area (Å²) in [6.07, 6.45) is 0. The Kier molecular flexibility index (Phi) is 3.56. The summed E-state index contributed by atoms with van der Waals surface area (Å²) in [7, 11) is -0.859. The molecule has 0 N–H and O–H groups in total. The van der Waals surface area contributed by atoms with Crippen LogP contribution in [0.15, 0.2) is 12.1 Å². The summed E-state index contributed by atoms with van der Waals surface area (Å²) in [5, 5.41) is 10.7. The van der Waals surface area contributed by atoms with Crippen LogP contribution in [0, 0.1) is 15.9 Å². The molecule has 108 valence electrons. The first-order valence-corrected chi connectivity index (χ1v) is 6.42. The lowest BCUT2D eigenvalue weighted by Gasteiger charge is -2.32. The summed E-state index contributed by atoms with van der Waals surface area (Å²) in [5.41, 5.74) is -1.62. The minimum atomic E-state index is -0.968. The standard InChI is InChI=1S/C12H14BClFNO4/c1-11(2)12(3,4)20-13(19-11)7-5-9(15)10(16(17)18)6-8(7)14/h5-6H,1-4H3. The summed E-state index contributed by atoms with van der Waals surface area (Å²) in [6.45, 7) is 7.40. The van der Waals surface area contributed by atoms with Crippen molar-refractivity contribution in [2.45, 2.75) is 38.9 Å². The Labute approximate surface area is 121 Å². The van der Waals surface area contributed by atoms with Gasteiger partial charge in [0.2, 0.25) is 0 Å². The molecule has 1 saturated heterocycles. The molecule has 1 aliphatic rings. The number of nitro groups is 1. The summed E-state index contributed by atoms with van der Waals surface area (Å²) in [4.78, 5) is 9.83. The van der Waals surface area contributed by atoms with Crippen molar-refractivity contribution < 1.29 is 18.6 Å². The van der Waals surface area contributed by atoms with E-state index in [1.807, 2.05) is 27.7 Å². The van der Waals surface area contributed by atoms with E-state index in [0.29, 0.717) is 0 Å². The lowest BCUT2D eigenvalue weighted by atomic mass is 9.79. The number of nitro benzene ring substituents is 1. The average molecular weight is 302 g/mol. The molecule has 8 heteroatoms. The van der Waals surface area contributed by atoms with Crippen LogP contribution in [-0.4, -0.2) is 23.2 Å². The first-order chi connectivity index (χ1) is 9.05. The van der Waals surface area contributed by atoms with Crippen molar-refractivity contribution in [3.05, 3.63) is 33.1 Å². The van der Waals surface area contributed by atoms with Gasteiger partial charge in [-0.1, -0.05) is 11.6 Å². The van der Waals surface area contributed by atoms with Gasteiger partial charge in [-0.25, -0.2) is 0 Å². The van der Waals surface area contributed by atoms with E-state index in [9.17, 15) is 14.5 Å². The van der Waals surface area contributed by atoms with Crippen molar-refractivity contribution in [2.24, 2.45) is 0 Å². The summed E-state index contributed by atoms with van der Waals surface area (Å²) < 4.78 is 25.2. The maximum absolute atomic E-state index is 13.7. The molecule has 0 saturated carbocycles. The summed E-state index contributed by atoms with van der Waals surface area (Å²) >= 11 is 5.98. The van der Waals surface area contributed by atoms with Crippen molar-refractivity contribution in [1.29, 1.82) is 0 Å². The third-order valence-electron chi connectivity index (χ3n) is 3.77. The van der Waals surface area contributed by atoms with Gasteiger partial charge in [-0.05, 0) is 33.8 Å². The maximum atomic E-state index is 13.7. The Balaban J connectivity index is 2.41. The largest absolute Gasteiger partial charge is 0.496 e. The van der Waals surface area contributed by atoms with E-state index in [4.69, 9.17) is 20.9 Å². The topological polar surface area (TPSA) is 61.6 Å². The number of nitrogens with zero attached hydrogens (tertiary/aromatic N) is 1. The van der Waals surface area contributed by atoms with Gasteiger partial charge < -0.3 is 9.31 Å². The van der Waals surface area contributed by atoms with Crippen LogP contribution in [0.4, 0.5) is 10.1 Å². The minimum absolute atomic E-state index is 0.0385. The molecule has 0 amide bonds. The molecular weight excluding hydrogens is 287 g/mol. The Morgan fingerprint density at radius 3 is 2.20 bits per heavy atom. The lowest BCUT2D eigenvalue weighted by Crippen LogP contribution is -2.41. The normalized spacial score (nSPS) is 20.2. The fourth-order valence-electron chi connectivity index (χ4n) is 1.84. The number of benzene rings is 1. The molecule has 0 atom stereocenters. The van der Waals surface area contributed by atoms with E-state index in [0.717, 1.165) is 12.1 Å². The zero-order valence-electron chi connectivity index (χ0n) is 11.6. The van der Waals surface area contributed by atoms with Crippen molar-refractivity contribution in [1.82, 2.24) is 0 Å². The Hall–Kier alpha value is -1.18. The third-order valence-corrected chi connectivity index (χ3v) is 4.10. The van der Waals surface area contributed by atoms with Gasteiger partial charge in [0.1, 0.15) is 0 Å². The third kappa shape index (κ3) is 2.41. The molecule has 1 heterocycles. The van der Waals surface area contributed by atoms with Gasteiger partial charge >= 0.3 is 12.8 Å². The monoisotopic (exact) mass is 301 g/mol. The molecule has 2 rings (SSSR count). The molecule has 0 aromatic heterocycles. The molecule has 1 aromatic carbocycles. The second-order valence-electron chi connectivity index (χ2n) is 5.67. The molecular formula is C12H14BClFNO4. The highest BCUT2D eigenvalue weighted by atomic mass is 35.5. The smallest absolute Gasteiger partial charge is 0.399 e. The first kappa shape index (κ1) is 15.2. The second kappa shape index (κ2) is 4.68. The molecule has 1 fully saturated rings. The van der Waals surface area contributed by atoms with E-state index < -0.39 is 34.7 Å². The summed E-state index contributed by atoms with van der Waals surface area (Å²) in [6, 6.07) is 1.96. The van der Waals surface area contributed by atoms with Crippen LogP contribution in [0.2, 0.25) is 5.02 Å². The molecule has 0 bridgehead atoms.